The monoisotopic (exact) mass is 272 g/mol. The van der Waals surface area contributed by atoms with Crippen LogP contribution >= 0.6 is 0 Å². The second-order valence-corrected chi connectivity index (χ2v) is 4.87. The van der Waals surface area contributed by atoms with Crippen molar-refractivity contribution in [3.8, 4) is 12.3 Å². The molecule has 1 aromatic rings. The quantitative estimate of drug-likeness (QED) is 0.762. The lowest BCUT2D eigenvalue weighted by Crippen LogP contribution is -2.50. The third-order valence-corrected chi connectivity index (χ3v) is 2.84. The maximum atomic E-state index is 12.0. The number of hydrogen-bond acceptors (Lipinski definition) is 2. The molecule has 1 atom stereocenters. The van der Waals surface area contributed by atoms with Crippen LogP contribution in [0.25, 0.3) is 0 Å². The van der Waals surface area contributed by atoms with Crippen molar-refractivity contribution in [2.24, 2.45) is 5.92 Å². The van der Waals surface area contributed by atoms with Crippen molar-refractivity contribution in [2.45, 2.75) is 26.3 Å². The minimum Gasteiger partial charge on any atom is -0.344 e. The molecule has 0 aliphatic heterocycles. The van der Waals surface area contributed by atoms with Crippen LogP contribution in [0.4, 0.5) is 0 Å². The highest BCUT2D eigenvalue weighted by Crippen LogP contribution is 2.04. The molecule has 4 nitrogen and oxygen atoms in total. The second kappa shape index (κ2) is 8.00. The summed E-state index contributed by atoms with van der Waals surface area (Å²) >= 11 is 0. The Labute approximate surface area is 120 Å². The number of nitrogens with one attached hydrogen (secondary N) is 2. The number of rotatable bonds is 6. The number of terminal acetylenes is 1. The Kier molecular flexibility index (Phi) is 6.31. The summed E-state index contributed by atoms with van der Waals surface area (Å²) in [6.07, 6.45) is 5.36. The molecule has 0 aromatic heterocycles. The number of carbonyl (C=O) groups excluding carboxylic acids is 2. The first-order valence-corrected chi connectivity index (χ1v) is 6.59. The lowest BCUT2D eigenvalue weighted by Gasteiger charge is -2.21. The summed E-state index contributed by atoms with van der Waals surface area (Å²) in [4.78, 5) is 23.9. The number of hydrogen-bond donors (Lipinski definition) is 2. The lowest BCUT2D eigenvalue weighted by molar-refractivity contribution is -0.129. The first-order chi connectivity index (χ1) is 9.54. The normalized spacial score (nSPS) is 11.5. The Morgan fingerprint density at radius 2 is 1.90 bits per heavy atom. The average molecular weight is 272 g/mol. The number of benzene rings is 1. The Hall–Kier alpha value is -2.28. The van der Waals surface area contributed by atoms with Gasteiger partial charge in [-0.25, -0.2) is 0 Å². The molecule has 0 spiro atoms. The molecule has 106 valence electrons. The minimum atomic E-state index is -0.570. The van der Waals surface area contributed by atoms with Crippen LogP contribution in [0.3, 0.4) is 0 Å². The van der Waals surface area contributed by atoms with Gasteiger partial charge in [0.25, 0.3) is 0 Å². The Balaban J connectivity index is 2.59. The SMILES string of the molecule is C#CCNC(=O)C(NC(=O)Cc1ccccc1)C(C)C. The molecule has 0 saturated carbocycles. The van der Waals surface area contributed by atoms with E-state index in [0.29, 0.717) is 0 Å². The van der Waals surface area contributed by atoms with E-state index in [1.54, 1.807) is 0 Å². The fourth-order valence-electron chi connectivity index (χ4n) is 1.79. The molecule has 0 fully saturated rings. The van der Waals surface area contributed by atoms with Gasteiger partial charge in [-0.15, -0.1) is 6.42 Å². The molecule has 0 heterocycles. The molecule has 2 amide bonds. The van der Waals surface area contributed by atoms with Gasteiger partial charge in [-0.2, -0.15) is 0 Å². The highest BCUT2D eigenvalue weighted by atomic mass is 16.2. The summed E-state index contributed by atoms with van der Waals surface area (Å²) in [6, 6.07) is 8.83. The molecule has 0 bridgehead atoms. The van der Waals surface area contributed by atoms with Gasteiger partial charge in [-0.3, -0.25) is 9.59 Å². The van der Waals surface area contributed by atoms with E-state index in [-0.39, 0.29) is 30.7 Å². The summed E-state index contributed by atoms with van der Waals surface area (Å²) in [5.41, 5.74) is 0.913. The van der Waals surface area contributed by atoms with Gasteiger partial charge in [0.05, 0.1) is 13.0 Å². The Morgan fingerprint density at radius 3 is 2.45 bits per heavy atom. The molecule has 1 rings (SSSR count). The third-order valence-electron chi connectivity index (χ3n) is 2.84. The zero-order valence-corrected chi connectivity index (χ0v) is 11.8. The van der Waals surface area contributed by atoms with Crippen molar-refractivity contribution >= 4 is 11.8 Å². The van der Waals surface area contributed by atoms with Crippen LogP contribution in [-0.4, -0.2) is 24.4 Å². The van der Waals surface area contributed by atoms with Crippen LogP contribution in [-0.2, 0) is 16.0 Å². The minimum absolute atomic E-state index is 0.00695. The first kappa shape index (κ1) is 15.8. The molecule has 1 aromatic carbocycles. The third kappa shape index (κ3) is 5.15. The Morgan fingerprint density at radius 1 is 1.25 bits per heavy atom. The van der Waals surface area contributed by atoms with Crippen LogP contribution < -0.4 is 10.6 Å². The van der Waals surface area contributed by atoms with Gasteiger partial charge < -0.3 is 10.6 Å². The van der Waals surface area contributed by atoms with Crippen LogP contribution in [0, 0.1) is 18.3 Å². The largest absolute Gasteiger partial charge is 0.344 e. The molecule has 0 radical (unpaired) electrons. The molecular formula is C16H20N2O2. The van der Waals surface area contributed by atoms with Crippen molar-refractivity contribution in [3.63, 3.8) is 0 Å². The molecule has 0 aliphatic rings. The molecule has 0 saturated heterocycles. The zero-order chi connectivity index (χ0) is 15.0. The molecule has 1 unspecified atom stereocenters. The predicted molar refractivity (Wildman–Crippen MR) is 78.8 cm³/mol. The summed E-state index contributed by atoms with van der Waals surface area (Å²) in [6.45, 7) is 3.92. The highest BCUT2D eigenvalue weighted by molar-refractivity contribution is 5.88. The summed E-state index contributed by atoms with van der Waals surface area (Å²) in [5, 5.41) is 5.35. The van der Waals surface area contributed by atoms with Gasteiger partial charge in [0.2, 0.25) is 11.8 Å². The second-order valence-electron chi connectivity index (χ2n) is 4.87. The van der Waals surface area contributed by atoms with Gasteiger partial charge in [-0.05, 0) is 11.5 Å². The summed E-state index contributed by atoms with van der Waals surface area (Å²) in [7, 11) is 0. The van der Waals surface area contributed by atoms with E-state index in [1.165, 1.54) is 0 Å². The van der Waals surface area contributed by atoms with Crippen LogP contribution in [0.2, 0.25) is 0 Å². The van der Waals surface area contributed by atoms with Crippen LogP contribution in [0.5, 0.6) is 0 Å². The number of carbonyl (C=O) groups is 2. The van der Waals surface area contributed by atoms with E-state index in [1.807, 2.05) is 44.2 Å². The molecule has 4 heteroatoms. The lowest BCUT2D eigenvalue weighted by atomic mass is 10.0. The smallest absolute Gasteiger partial charge is 0.243 e. The van der Waals surface area contributed by atoms with Crippen molar-refractivity contribution in [2.75, 3.05) is 6.54 Å². The molecule has 20 heavy (non-hydrogen) atoms. The van der Waals surface area contributed by atoms with Crippen LogP contribution in [0.1, 0.15) is 19.4 Å². The number of amides is 2. The van der Waals surface area contributed by atoms with Gasteiger partial charge >= 0.3 is 0 Å². The maximum Gasteiger partial charge on any atom is 0.243 e. The fourth-order valence-corrected chi connectivity index (χ4v) is 1.79. The zero-order valence-electron chi connectivity index (χ0n) is 11.8. The summed E-state index contributed by atoms with van der Waals surface area (Å²) < 4.78 is 0. The first-order valence-electron chi connectivity index (χ1n) is 6.59. The Bertz CT molecular complexity index is 489. The molecule has 2 N–H and O–H groups in total. The fraction of sp³-hybridized carbons (Fsp3) is 0.375. The van der Waals surface area contributed by atoms with E-state index >= 15 is 0 Å². The van der Waals surface area contributed by atoms with Gasteiger partial charge in [-0.1, -0.05) is 50.1 Å². The van der Waals surface area contributed by atoms with Gasteiger partial charge in [0, 0.05) is 0 Å². The maximum absolute atomic E-state index is 12.0. The van der Waals surface area contributed by atoms with Crippen molar-refractivity contribution in [3.05, 3.63) is 35.9 Å². The van der Waals surface area contributed by atoms with E-state index in [0.717, 1.165) is 5.56 Å². The van der Waals surface area contributed by atoms with Crippen molar-refractivity contribution in [1.82, 2.24) is 10.6 Å². The highest BCUT2D eigenvalue weighted by Gasteiger charge is 2.23. The molecular weight excluding hydrogens is 252 g/mol. The van der Waals surface area contributed by atoms with Crippen LogP contribution in [0.15, 0.2) is 30.3 Å². The van der Waals surface area contributed by atoms with Gasteiger partial charge in [0.1, 0.15) is 6.04 Å². The van der Waals surface area contributed by atoms with E-state index < -0.39 is 6.04 Å². The molecule has 0 aliphatic carbocycles. The average Bonchev–Trinajstić information content (AvgIpc) is 2.43. The van der Waals surface area contributed by atoms with E-state index in [9.17, 15) is 9.59 Å². The van der Waals surface area contributed by atoms with Crippen molar-refractivity contribution in [1.29, 1.82) is 0 Å². The van der Waals surface area contributed by atoms with Crippen molar-refractivity contribution < 1.29 is 9.59 Å². The standard InChI is InChI=1S/C16H20N2O2/c1-4-10-17-16(20)15(12(2)3)18-14(19)11-13-8-6-5-7-9-13/h1,5-9,12,15H,10-11H2,2-3H3,(H,17,20)(H,18,19). The van der Waals surface area contributed by atoms with E-state index in [2.05, 4.69) is 16.6 Å². The topological polar surface area (TPSA) is 58.2 Å². The van der Waals surface area contributed by atoms with Gasteiger partial charge in [0.15, 0.2) is 0 Å². The predicted octanol–water partition coefficient (Wildman–Crippen LogP) is 1.12. The summed E-state index contributed by atoms with van der Waals surface area (Å²) in [5.74, 6) is 1.91. The van der Waals surface area contributed by atoms with E-state index in [4.69, 9.17) is 6.42 Å².